The summed E-state index contributed by atoms with van der Waals surface area (Å²) in [5.74, 6) is 0.511. The summed E-state index contributed by atoms with van der Waals surface area (Å²) in [7, 11) is 0. The van der Waals surface area contributed by atoms with E-state index in [9.17, 15) is 9.59 Å². The van der Waals surface area contributed by atoms with Crippen molar-refractivity contribution in [2.75, 3.05) is 13.1 Å². The molecular formula is C21H23N3O3. The fourth-order valence-electron chi connectivity index (χ4n) is 3.68. The minimum atomic E-state index is -0.288. The Bertz CT molecular complexity index is 972. The van der Waals surface area contributed by atoms with E-state index in [4.69, 9.17) is 4.42 Å². The third-order valence-corrected chi connectivity index (χ3v) is 5.14. The fourth-order valence-corrected chi connectivity index (χ4v) is 3.68. The molecular weight excluding hydrogens is 342 g/mol. The molecule has 27 heavy (non-hydrogen) atoms. The van der Waals surface area contributed by atoms with Gasteiger partial charge in [0.25, 0.3) is 11.8 Å². The Balaban J connectivity index is 1.38. The van der Waals surface area contributed by atoms with E-state index in [1.807, 2.05) is 18.2 Å². The van der Waals surface area contributed by atoms with Gasteiger partial charge in [-0.1, -0.05) is 6.92 Å². The van der Waals surface area contributed by atoms with Crippen molar-refractivity contribution in [2.45, 2.75) is 26.2 Å². The first-order valence-electron chi connectivity index (χ1n) is 9.35. The molecule has 3 aromatic rings. The minimum absolute atomic E-state index is 0.136. The summed E-state index contributed by atoms with van der Waals surface area (Å²) in [6.45, 7) is 2.96. The Hall–Kier alpha value is -3.02. The van der Waals surface area contributed by atoms with Gasteiger partial charge in [-0.05, 0) is 61.1 Å². The van der Waals surface area contributed by atoms with Crippen molar-refractivity contribution in [2.24, 2.45) is 5.92 Å². The maximum atomic E-state index is 12.5. The zero-order valence-electron chi connectivity index (χ0n) is 15.3. The number of aryl methyl sites for hydroxylation is 1. The van der Waals surface area contributed by atoms with Crippen molar-refractivity contribution in [1.82, 2.24) is 15.6 Å². The Morgan fingerprint density at radius 1 is 1.19 bits per heavy atom. The molecule has 0 fully saturated rings. The van der Waals surface area contributed by atoms with Crippen molar-refractivity contribution < 1.29 is 14.0 Å². The van der Waals surface area contributed by atoms with Gasteiger partial charge in [0.15, 0.2) is 5.76 Å². The van der Waals surface area contributed by atoms with E-state index in [1.165, 1.54) is 23.9 Å². The van der Waals surface area contributed by atoms with Crippen LogP contribution in [0.1, 0.15) is 45.5 Å². The first kappa shape index (κ1) is 17.4. The van der Waals surface area contributed by atoms with Gasteiger partial charge < -0.3 is 20.0 Å². The summed E-state index contributed by atoms with van der Waals surface area (Å²) in [4.78, 5) is 27.7. The molecule has 1 aliphatic rings. The number of H-pyrrole nitrogens is 1. The molecule has 0 saturated heterocycles. The highest BCUT2D eigenvalue weighted by Crippen LogP contribution is 2.32. The van der Waals surface area contributed by atoms with E-state index in [2.05, 4.69) is 22.5 Å². The molecule has 2 aromatic heterocycles. The topological polar surface area (TPSA) is 87.1 Å². The van der Waals surface area contributed by atoms with Crippen molar-refractivity contribution in [1.29, 1.82) is 0 Å². The SMILES string of the molecule is CC1CCc2[nH]c3ccc(C(=O)NCCNC(=O)c4ccco4)cc3c2C1. The lowest BCUT2D eigenvalue weighted by atomic mass is 9.87. The van der Waals surface area contributed by atoms with Gasteiger partial charge in [-0.2, -0.15) is 0 Å². The predicted octanol–water partition coefficient (Wildman–Crippen LogP) is 3.05. The van der Waals surface area contributed by atoms with Gasteiger partial charge in [0.05, 0.1) is 6.26 Å². The van der Waals surface area contributed by atoms with Crippen molar-refractivity contribution in [3.63, 3.8) is 0 Å². The zero-order chi connectivity index (χ0) is 18.8. The van der Waals surface area contributed by atoms with Crippen LogP contribution < -0.4 is 10.6 Å². The quantitative estimate of drug-likeness (QED) is 0.607. The molecule has 1 aromatic carbocycles. The van der Waals surface area contributed by atoms with Crippen LogP contribution in [-0.2, 0) is 12.8 Å². The standard InChI is InChI=1S/C21H23N3O3/c1-13-4-6-17-15(11-13)16-12-14(5-7-18(16)24-17)20(25)22-8-9-23-21(26)19-3-2-10-27-19/h2-3,5,7,10,12-13,24H,4,6,8-9,11H2,1H3,(H,22,25)(H,23,26). The molecule has 1 aliphatic carbocycles. The highest BCUT2D eigenvalue weighted by molar-refractivity contribution is 5.99. The second kappa shape index (κ2) is 7.31. The number of fused-ring (bicyclic) bond motifs is 3. The molecule has 6 nitrogen and oxygen atoms in total. The number of hydrogen-bond donors (Lipinski definition) is 3. The molecule has 3 N–H and O–H groups in total. The van der Waals surface area contributed by atoms with Gasteiger partial charge >= 0.3 is 0 Å². The third kappa shape index (κ3) is 3.60. The molecule has 4 rings (SSSR count). The summed E-state index contributed by atoms with van der Waals surface area (Å²) in [6, 6.07) is 9.05. The Morgan fingerprint density at radius 3 is 2.78 bits per heavy atom. The Morgan fingerprint density at radius 2 is 2.00 bits per heavy atom. The van der Waals surface area contributed by atoms with Gasteiger partial charge in [0.1, 0.15) is 0 Å². The number of carbonyl (C=O) groups is 2. The van der Waals surface area contributed by atoms with E-state index in [0.717, 1.165) is 23.7 Å². The van der Waals surface area contributed by atoms with Crippen LogP contribution in [0.15, 0.2) is 41.0 Å². The molecule has 1 unspecified atom stereocenters. The van der Waals surface area contributed by atoms with Crippen LogP contribution in [0, 0.1) is 5.92 Å². The molecule has 0 bridgehead atoms. The second-order valence-corrected chi connectivity index (χ2v) is 7.18. The van der Waals surface area contributed by atoms with Gasteiger partial charge in [0.2, 0.25) is 0 Å². The number of rotatable bonds is 5. The van der Waals surface area contributed by atoms with Crippen molar-refractivity contribution in [3.05, 3.63) is 59.2 Å². The maximum absolute atomic E-state index is 12.5. The van der Waals surface area contributed by atoms with Crippen LogP contribution in [0.25, 0.3) is 10.9 Å². The van der Waals surface area contributed by atoms with Crippen LogP contribution in [0.5, 0.6) is 0 Å². The first-order chi connectivity index (χ1) is 13.1. The number of nitrogens with one attached hydrogen (secondary N) is 3. The molecule has 0 radical (unpaired) electrons. The molecule has 2 amide bonds. The minimum Gasteiger partial charge on any atom is -0.459 e. The number of furan rings is 1. The highest BCUT2D eigenvalue weighted by Gasteiger charge is 2.20. The summed E-state index contributed by atoms with van der Waals surface area (Å²) in [6.07, 6.45) is 4.78. The predicted molar refractivity (Wildman–Crippen MR) is 103 cm³/mol. The molecule has 6 heteroatoms. The van der Waals surface area contributed by atoms with E-state index in [-0.39, 0.29) is 17.6 Å². The number of carbonyl (C=O) groups excluding carboxylic acids is 2. The fraction of sp³-hybridized carbons (Fsp3) is 0.333. The summed E-state index contributed by atoms with van der Waals surface area (Å²) in [5, 5.41) is 6.71. The van der Waals surface area contributed by atoms with Crippen molar-refractivity contribution >= 4 is 22.7 Å². The van der Waals surface area contributed by atoms with Gasteiger partial charge in [-0.25, -0.2) is 0 Å². The van der Waals surface area contributed by atoms with E-state index in [1.54, 1.807) is 12.1 Å². The average molecular weight is 365 g/mol. The lowest BCUT2D eigenvalue weighted by Crippen LogP contribution is -2.34. The largest absolute Gasteiger partial charge is 0.459 e. The van der Waals surface area contributed by atoms with E-state index >= 15 is 0 Å². The molecule has 0 spiro atoms. The molecule has 1 atom stereocenters. The number of aromatic nitrogens is 1. The lowest BCUT2D eigenvalue weighted by molar-refractivity contribution is 0.0910. The van der Waals surface area contributed by atoms with Crippen LogP contribution in [0.3, 0.4) is 0 Å². The number of hydrogen-bond acceptors (Lipinski definition) is 3. The molecule has 2 heterocycles. The number of benzene rings is 1. The first-order valence-corrected chi connectivity index (χ1v) is 9.35. The zero-order valence-corrected chi connectivity index (χ0v) is 15.3. The summed E-state index contributed by atoms with van der Waals surface area (Å²) >= 11 is 0. The van der Waals surface area contributed by atoms with Crippen LogP contribution in [0.4, 0.5) is 0 Å². The van der Waals surface area contributed by atoms with Crippen LogP contribution in [-0.4, -0.2) is 29.9 Å². The summed E-state index contributed by atoms with van der Waals surface area (Å²) in [5.41, 5.74) is 4.39. The van der Waals surface area contributed by atoms with Gasteiger partial charge in [-0.3, -0.25) is 9.59 Å². The molecule has 0 aliphatic heterocycles. The van der Waals surface area contributed by atoms with Crippen LogP contribution in [0.2, 0.25) is 0 Å². The molecule has 140 valence electrons. The Kier molecular flexibility index (Phi) is 4.71. The second-order valence-electron chi connectivity index (χ2n) is 7.18. The molecule has 0 saturated carbocycles. The summed E-state index contributed by atoms with van der Waals surface area (Å²) < 4.78 is 5.03. The smallest absolute Gasteiger partial charge is 0.287 e. The van der Waals surface area contributed by atoms with E-state index in [0.29, 0.717) is 24.6 Å². The third-order valence-electron chi connectivity index (χ3n) is 5.14. The van der Waals surface area contributed by atoms with Gasteiger partial charge in [0, 0.05) is 35.2 Å². The normalized spacial score (nSPS) is 16.1. The van der Waals surface area contributed by atoms with Crippen molar-refractivity contribution in [3.8, 4) is 0 Å². The van der Waals surface area contributed by atoms with E-state index < -0.39 is 0 Å². The monoisotopic (exact) mass is 365 g/mol. The highest BCUT2D eigenvalue weighted by atomic mass is 16.3. The maximum Gasteiger partial charge on any atom is 0.287 e. The number of aromatic amines is 1. The van der Waals surface area contributed by atoms with Gasteiger partial charge in [-0.15, -0.1) is 0 Å². The lowest BCUT2D eigenvalue weighted by Gasteiger charge is -2.18. The van der Waals surface area contributed by atoms with Crippen LogP contribution >= 0.6 is 0 Å². The number of amides is 2. The Labute approximate surface area is 157 Å². The average Bonchev–Trinajstić information content (AvgIpc) is 3.32.